The van der Waals surface area contributed by atoms with Gasteiger partial charge in [-0.25, -0.2) is 0 Å². The van der Waals surface area contributed by atoms with Crippen molar-refractivity contribution in [2.24, 2.45) is 0 Å². The highest BCUT2D eigenvalue weighted by atomic mass is 16.5. The van der Waals surface area contributed by atoms with E-state index in [1.807, 2.05) is 13.0 Å². The van der Waals surface area contributed by atoms with E-state index in [0.717, 1.165) is 24.5 Å². The summed E-state index contributed by atoms with van der Waals surface area (Å²) < 4.78 is 10.8. The minimum Gasteiger partial charge on any atom is -0.507 e. The first-order valence-electron chi connectivity index (χ1n) is 10.4. The van der Waals surface area contributed by atoms with Crippen molar-refractivity contribution in [2.45, 2.75) is 40.0 Å². The molecule has 0 aliphatic carbocycles. The van der Waals surface area contributed by atoms with E-state index in [0.29, 0.717) is 17.5 Å². The van der Waals surface area contributed by atoms with Crippen LogP contribution in [0, 0.1) is 0 Å². The third kappa shape index (κ3) is 4.80. The lowest BCUT2D eigenvalue weighted by Gasteiger charge is -2.11. The standard InChI is InChI=1S/C26H28O6/c1-15(2)6-5-7-16(3)8-10-18-20(27)13-22(29)24-25(30)19(14-32-26(18)24)17-9-11-23(31-4)21(28)12-17/h6,8-9,11-14,27-29H,5,7,10H2,1-4H3. The van der Waals surface area contributed by atoms with Crippen LogP contribution in [-0.4, -0.2) is 22.4 Å². The number of methoxy groups -OCH3 is 1. The number of aromatic hydroxyl groups is 3. The van der Waals surface area contributed by atoms with Crippen LogP contribution in [0.5, 0.6) is 23.0 Å². The van der Waals surface area contributed by atoms with E-state index in [1.54, 1.807) is 12.1 Å². The molecule has 3 N–H and O–H groups in total. The maximum absolute atomic E-state index is 13.2. The highest BCUT2D eigenvalue weighted by molar-refractivity contribution is 5.91. The van der Waals surface area contributed by atoms with E-state index < -0.39 is 5.43 Å². The molecule has 32 heavy (non-hydrogen) atoms. The Morgan fingerprint density at radius 3 is 2.44 bits per heavy atom. The second-order valence-corrected chi connectivity index (χ2v) is 8.04. The van der Waals surface area contributed by atoms with Gasteiger partial charge in [0.15, 0.2) is 11.5 Å². The van der Waals surface area contributed by atoms with Crippen molar-refractivity contribution in [1.82, 2.24) is 0 Å². The number of fused-ring (bicyclic) bond motifs is 1. The van der Waals surface area contributed by atoms with Crippen molar-refractivity contribution in [3.63, 3.8) is 0 Å². The van der Waals surface area contributed by atoms with Crippen molar-refractivity contribution >= 4 is 11.0 Å². The number of hydrogen-bond acceptors (Lipinski definition) is 6. The molecule has 0 atom stereocenters. The maximum Gasteiger partial charge on any atom is 0.204 e. The molecule has 3 rings (SSSR count). The number of phenolic OH excluding ortho intramolecular Hbond substituents is 3. The maximum atomic E-state index is 13.2. The molecule has 6 nitrogen and oxygen atoms in total. The van der Waals surface area contributed by atoms with Gasteiger partial charge in [-0.3, -0.25) is 4.79 Å². The highest BCUT2D eigenvalue weighted by Gasteiger charge is 2.19. The van der Waals surface area contributed by atoms with Gasteiger partial charge >= 0.3 is 0 Å². The van der Waals surface area contributed by atoms with Crippen molar-refractivity contribution in [3.05, 3.63) is 69.6 Å². The zero-order valence-electron chi connectivity index (χ0n) is 18.7. The predicted molar refractivity (Wildman–Crippen MR) is 126 cm³/mol. The van der Waals surface area contributed by atoms with E-state index in [1.165, 1.54) is 25.0 Å². The number of rotatable bonds is 7. The molecule has 1 aromatic heterocycles. The van der Waals surface area contributed by atoms with Crippen LogP contribution >= 0.6 is 0 Å². The Morgan fingerprint density at radius 2 is 1.78 bits per heavy atom. The van der Waals surface area contributed by atoms with Gasteiger partial charge in [0.2, 0.25) is 5.43 Å². The lowest BCUT2D eigenvalue weighted by atomic mass is 10.00. The summed E-state index contributed by atoms with van der Waals surface area (Å²) >= 11 is 0. The van der Waals surface area contributed by atoms with E-state index in [-0.39, 0.29) is 39.5 Å². The number of benzene rings is 2. The highest BCUT2D eigenvalue weighted by Crippen LogP contribution is 2.36. The van der Waals surface area contributed by atoms with Crippen molar-refractivity contribution < 1.29 is 24.5 Å². The van der Waals surface area contributed by atoms with Gasteiger partial charge in [0.05, 0.1) is 12.7 Å². The third-order valence-corrected chi connectivity index (χ3v) is 5.34. The summed E-state index contributed by atoms with van der Waals surface area (Å²) in [6.07, 6.45) is 7.60. The molecule has 0 unspecified atom stereocenters. The first kappa shape index (κ1) is 23.0. The van der Waals surface area contributed by atoms with Crippen molar-refractivity contribution in [1.29, 1.82) is 0 Å². The van der Waals surface area contributed by atoms with Gasteiger partial charge in [-0.05, 0) is 57.7 Å². The van der Waals surface area contributed by atoms with Gasteiger partial charge < -0.3 is 24.5 Å². The van der Waals surface area contributed by atoms with Gasteiger partial charge in [-0.2, -0.15) is 0 Å². The number of allylic oxidation sites excluding steroid dienone is 4. The summed E-state index contributed by atoms with van der Waals surface area (Å²) in [4.78, 5) is 13.2. The van der Waals surface area contributed by atoms with Gasteiger partial charge in [-0.15, -0.1) is 0 Å². The fraction of sp³-hybridized carbons (Fsp3) is 0.269. The molecule has 2 aromatic carbocycles. The Morgan fingerprint density at radius 1 is 1.03 bits per heavy atom. The smallest absolute Gasteiger partial charge is 0.204 e. The Bertz CT molecular complexity index is 1260. The first-order chi connectivity index (χ1) is 15.2. The summed E-state index contributed by atoms with van der Waals surface area (Å²) in [7, 11) is 1.43. The summed E-state index contributed by atoms with van der Waals surface area (Å²) in [6, 6.07) is 5.72. The predicted octanol–water partition coefficient (Wildman–Crippen LogP) is 5.82. The largest absolute Gasteiger partial charge is 0.507 e. The molecule has 0 radical (unpaired) electrons. The minimum atomic E-state index is -0.459. The molecule has 0 bridgehead atoms. The quantitative estimate of drug-likeness (QED) is 0.404. The van der Waals surface area contributed by atoms with Gasteiger partial charge in [0.1, 0.15) is 28.7 Å². The Kier molecular flexibility index (Phi) is 6.93. The zero-order valence-corrected chi connectivity index (χ0v) is 18.7. The third-order valence-electron chi connectivity index (χ3n) is 5.34. The molecule has 0 saturated carbocycles. The number of ether oxygens (including phenoxy) is 1. The molecule has 0 aliphatic rings. The van der Waals surface area contributed by atoms with Crippen LogP contribution in [0.4, 0.5) is 0 Å². The molecular weight excluding hydrogens is 408 g/mol. The van der Waals surface area contributed by atoms with Crippen LogP contribution in [-0.2, 0) is 6.42 Å². The molecule has 0 aliphatic heterocycles. The molecule has 0 fully saturated rings. The molecule has 0 saturated heterocycles. The molecule has 3 aromatic rings. The van der Waals surface area contributed by atoms with Gasteiger partial charge in [0, 0.05) is 11.6 Å². The first-order valence-corrected chi connectivity index (χ1v) is 10.4. The molecule has 0 amide bonds. The fourth-order valence-electron chi connectivity index (χ4n) is 3.55. The van der Waals surface area contributed by atoms with Crippen molar-refractivity contribution in [2.75, 3.05) is 7.11 Å². The van der Waals surface area contributed by atoms with Gasteiger partial charge in [0.25, 0.3) is 0 Å². The van der Waals surface area contributed by atoms with Crippen LogP contribution in [0.15, 0.2) is 63.0 Å². The SMILES string of the molecule is COc1ccc(-c2coc3c(CC=C(C)CCC=C(C)C)c(O)cc(O)c3c2=O)cc1O. The normalized spacial score (nSPS) is 11.6. The second-order valence-electron chi connectivity index (χ2n) is 8.04. The Hall–Kier alpha value is -3.67. The van der Waals surface area contributed by atoms with E-state index in [4.69, 9.17) is 9.15 Å². The Balaban J connectivity index is 2.04. The zero-order chi connectivity index (χ0) is 23.4. The molecule has 1 heterocycles. The lowest BCUT2D eigenvalue weighted by molar-refractivity contribution is 0.373. The number of phenols is 3. The Labute approximate surface area is 186 Å². The lowest BCUT2D eigenvalue weighted by Crippen LogP contribution is -2.06. The van der Waals surface area contributed by atoms with E-state index in [2.05, 4.69) is 19.9 Å². The van der Waals surface area contributed by atoms with E-state index in [9.17, 15) is 20.1 Å². The topological polar surface area (TPSA) is 100 Å². The van der Waals surface area contributed by atoms with Crippen LogP contribution in [0.2, 0.25) is 0 Å². The summed E-state index contributed by atoms with van der Waals surface area (Å²) in [5.74, 6) is -0.338. The van der Waals surface area contributed by atoms with Crippen LogP contribution in [0.3, 0.4) is 0 Å². The molecule has 168 valence electrons. The fourth-order valence-corrected chi connectivity index (χ4v) is 3.55. The van der Waals surface area contributed by atoms with Gasteiger partial charge in [-0.1, -0.05) is 29.4 Å². The minimum absolute atomic E-state index is 0.0128. The van der Waals surface area contributed by atoms with Crippen LogP contribution in [0.1, 0.15) is 39.2 Å². The average molecular weight is 437 g/mol. The van der Waals surface area contributed by atoms with Crippen LogP contribution in [0.25, 0.3) is 22.1 Å². The molecule has 0 spiro atoms. The summed E-state index contributed by atoms with van der Waals surface area (Å²) in [5.41, 5.74) is 3.12. The summed E-state index contributed by atoms with van der Waals surface area (Å²) in [5, 5.41) is 30.9. The van der Waals surface area contributed by atoms with Crippen molar-refractivity contribution in [3.8, 4) is 34.1 Å². The molecular formula is C26H28O6. The second kappa shape index (κ2) is 9.64. The average Bonchev–Trinajstić information content (AvgIpc) is 2.73. The van der Waals surface area contributed by atoms with E-state index >= 15 is 0 Å². The monoisotopic (exact) mass is 436 g/mol. The number of hydrogen-bond donors (Lipinski definition) is 3. The van der Waals surface area contributed by atoms with Crippen LogP contribution < -0.4 is 10.2 Å². The summed E-state index contributed by atoms with van der Waals surface area (Å²) in [6.45, 7) is 6.13. The molecule has 6 heteroatoms.